The molecule has 28 heavy (non-hydrogen) atoms. The molecule has 0 unspecified atom stereocenters. The number of rotatable bonds is 4. The third kappa shape index (κ3) is 2.99. The second-order valence-electron chi connectivity index (χ2n) is 7.14. The second kappa shape index (κ2) is 7.24. The van der Waals surface area contributed by atoms with Crippen molar-refractivity contribution in [3.05, 3.63) is 68.9 Å². The molecule has 1 heterocycles. The van der Waals surface area contributed by atoms with Crippen LogP contribution in [0.4, 0.5) is 0 Å². The van der Waals surface area contributed by atoms with Gasteiger partial charge in [0.15, 0.2) is 5.41 Å². The predicted molar refractivity (Wildman–Crippen MR) is 114 cm³/mol. The Morgan fingerprint density at radius 3 is 2.46 bits per heavy atom. The molecule has 0 amide bonds. The molecule has 1 aliphatic carbocycles. The SMILES string of the molecule is COC(=O)C1(C(=O)OC)Cc2ccc(Cn3ccc4cccc(I)c43)cc2C1. The van der Waals surface area contributed by atoms with Crippen LogP contribution in [0.1, 0.15) is 16.7 Å². The van der Waals surface area contributed by atoms with Crippen LogP contribution in [0.5, 0.6) is 0 Å². The predicted octanol–water partition coefficient (Wildman–Crippen LogP) is 3.73. The van der Waals surface area contributed by atoms with E-state index < -0.39 is 17.4 Å². The van der Waals surface area contributed by atoms with Crippen molar-refractivity contribution in [2.24, 2.45) is 5.41 Å². The minimum absolute atomic E-state index is 0.305. The molecule has 0 saturated heterocycles. The number of carbonyl (C=O) groups excluding carboxylic acids is 2. The number of benzene rings is 2. The molecule has 1 aliphatic rings. The van der Waals surface area contributed by atoms with Crippen molar-refractivity contribution >= 4 is 45.4 Å². The Hall–Kier alpha value is -2.35. The summed E-state index contributed by atoms with van der Waals surface area (Å²) in [7, 11) is 2.61. The molecular formula is C22H20INO4. The van der Waals surface area contributed by atoms with E-state index in [1.807, 2.05) is 6.07 Å². The fourth-order valence-electron chi connectivity index (χ4n) is 4.13. The number of nitrogens with zero attached hydrogens (tertiary/aromatic N) is 1. The van der Waals surface area contributed by atoms with Gasteiger partial charge in [-0.05, 0) is 64.3 Å². The zero-order chi connectivity index (χ0) is 19.9. The average Bonchev–Trinajstić information content (AvgIpc) is 3.29. The van der Waals surface area contributed by atoms with Gasteiger partial charge in [-0.3, -0.25) is 9.59 Å². The summed E-state index contributed by atoms with van der Waals surface area (Å²) in [5.74, 6) is -1.08. The van der Waals surface area contributed by atoms with Gasteiger partial charge in [-0.25, -0.2) is 0 Å². The first-order chi connectivity index (χ1) is 13.5. The highest BCUT2D eigenvalue weighted by Gasteiger charge is 2.52. The summed E-state index contributed by atoms with van der Waals surface area (Å²) in [6.07, 6.45) is 2.71. The molecule has 0 spiro atoms. The number of hydrogen-bond donors (Lipinski definition) is 0. The van der Waals surface area contributed by atoms with E-state index in [1.54, 1.807) is 0 Å². The molecular weight excluding hydrogens is 469 g/mol. The van der Waals surface area contributed by atoms with Crippen LogP contribution in [-0.4, -0.2) is 30.7 Å². The van der Waals surface area contributed by atoms with Crippen LogP contribution in [0.3, 0.4) is 0 Å². The van der Waals surface area contributed by atoms with Gasteiger partial charge in [0, 0.05) is 21.7 Å². The van der Waals surface area contributed by atoms with E-state index in [0.29, 0.717) is 12.8 Å². The van der Waals surface area contributed by atoms with Crippen LogP contribution in [0.2, 0.25) is 0 Å². The van der Waals surface area contributed by atoms with Gasteiger partial charge < -0.3 is 14.0 Å². The Kier molecular flexibility index (Phi) is 4.91. The van der Waals surface area contributed by atoms with Gasteiger partial charge in [0.2, 0.25) is 0 Å². The highest BCUT2D eigenvalue weighted by Crippen LogP contribution is 2.39. The van der Waals surface area contributed by atoms with Crippen molar-refractivity contribution in [3.8, 4) is 0 Å². The van der Waals surface area contributed by atoms with E-state index in [1.165, 1.54) is 28.7 Å². The van der Waals surface area contributed by atoms with Crippen molar-refractivity contribution in [1.29, 1.82) is 0 Å². The van der Waals surface area contributed by atoms with Crippen LogP contribution in [0, 0.1) is 8.99 Å². The number of fused-ring (bicyclic) bond motifs is 2. The van der Waals surface area contributed by atoms with E-state index in [0.717, 1.165) is 23.2 Å². The number of para-hydroxylation sites is 1. The number of carbonyl (C=O) groups is 2. The van der Waals surface area contributed by atoms with E-state index in [-0.39, 0.29) is 0 Å². The van der Waals surface area contributed by atoms with Crippen LogP contribution >= 0.6 is 22.6 Å². The van der Waals surface area contributed by atoms with Gasteiger partial charge in [0.05, 0.1) is 19.7 Å². The minimum atomic E-state index is -1.28. The third-order valence-electron chi connectivity index (χ3n) is 5.50. The zero-order valence-corrected chi connectivity index (χ0v) is 17.9. The average molecular weight is 489 g/mol. The van der Waals surface area contributed by atoms with Gasteiger partial charge >= 0.3 is 11.9 Å². The lowest BCUT2D eigenvalue weighted by atomic mass is 9.85. The first kappa shape index (κ1) is 19.0. The number of methoxy groups -OCH3 is 2. The summed E-state index contributed by atoms with van der Waals surface area (Å²) in [5.41, 5.74) is 3.05. The lowest BCUT2D eigenvalue weighted by Gasteiger charge is -2.22. The number of ether oxygens (including phenoxy) is 2. The van der Waals surface area contributed by atoms with Crippen LogP contribution in [-0.2, 0) is 38.4 Å². The molecule has 0 atom stereocenters. The molecule has 0 aliphatic heterocycles. The molecule has 0 N–H and O–H groups in total. The standard InChI is InChI=1S/C22H20INO4/c1-27-20(25)22(21(26)28-2)11-16-7-6-14(10-17(16)12-22)13-24-9-8-15-4-3-5-18(23)19(15)24/h3-10H,11-13H2,1-2H3. The summed E-state index contributed by atoms with van der Waals surface area (Å²) in [4.78, 5) is 24.8. The summed E-state index contributed by atoms with van der Waals surface area (Å²) < 4.78 is 13.3. The van der Waals surface area contributed by atoms with E-state index in [4.69, 9.17) is 9.47 Å². The minimum Gasteiger partial charge on any atom is -0.468 e. The first-order valence-electron chi connectivity index (χ1n) is 8.99. The van der Waals surface area contributed by atoms with Gasteiger partial charge in [0.25, 0.3) is 0 Å². The lowest BCUT2D eigenvalue weighted by molar-refractivity contribution is -0.168. The Morgan fingerprint density at radius 2 is 1.75 bits per heavy atom. The van der Waals surface area contributed by atoms with Gasteiger partial charge in [-0.1, -0.05) is 30.3 Å². The van der Waals surface area contributed by atoms with Crippen molar-refractivity contribution in [2.75, 3.05) is 14.2 Å². The van der Waals surface area contributed by atoms with E-state index >= 15 is 0 Å². The number of hydrogen-bond acceptors (Lipinski definition) is 4. The molecule has 6 heteroatoms. The maximum absolute atomic E-state index is 12.4. The molecule has 4 rings (SSSR count). The van der Waals surface area contributed by atoms with Crippen molar-refractivity contribution in [1.82, 2.24) is 4.57 Å². The van der Waals surface area contributed by atoms with Crippen LogP contribution in [0.15, 0.2) is 48.7 Å². The van der Waals surface area contributed by atoms with Crippen molar-refractivity contribution < 1.29 is 19.1 Å². The second-order valence-corrected chi connectivity index (χ2v) is 8.31. The molecule has 0 fully saturated rings. The molecule has 5 nitrogen and oxygen atoms in total. The van der Waals surface area contributed by atoms with Gasteiger partial charge in [-0.15, -0.1) is 0 Å². The molecule has 0 saturated carbocycles. The number of halogens is 1. The fraction of sp³-hybridized carbons (Fsp3) is 0.273. The summed E-state index contributed by atoms with van der Waals surface area (Å²) in [6, 6.07) is 14.5. The van der Waals surface area contributed by atoms with E-state index in [9.17, 15) is 9.59 Å². The molecule has 2 aromatic carbocycles. The Balaban J connectivity index is 1.66. The Morgan fingerprint density at radius 1 is 1.04 bits per heavy atom. The zero-order valence-electron chi connectivity index (χ0n) is 15.7. The number of aromatic nitrogens is 1. The topological polar surface area (TPSA) is 57.5 Å². The third-order valence-corrected chi connectivity index (χ3v) is 6.37. The first-order valence-corrected chi connectivity index (χ1v) is 10.1. The largest absolute Gasteiger partial charge is 0.468 e. The Bertz CT molecular complexity index is 1070. The Labute approximate surface area is 176 Å². The monoisotopic (exact) mass is 489 g/mol. The van der Waals surface area contributed by atoms with E-state index in [2.05, 4.69) is 69.8 Å². The quantitative estimate of drug-likeness (QED) is 0.319. The fourth-order valence-corrected chi connectivity index (χ4v) is 4.96. The molecule has 3 aromatic rings. The normalized spacial score (nSPS) is 14.7. The summed E-state index contributed by atoms with van der Waals surface area (Å²) in [6.45, 7) is 0.722. The molecule has 1 aromatic heterocycles. The number of esters is 2. The van der Waals surface area contributed by atoms with Gasteiger partial charge in [0.1, 0.15) is 0 Å². The smallest absolute Gasteiger partial charge is 0.323 e. The highest BCUT2D eigenvalue weighted by atomic mass is 127. The van der Waals surface area contributed by atoms with Crippen LogP contribution < -0.4 is 0 Å². The van der Waals surface area contributed by atoms with Crippen LogP contribution in [0.25, 0.3) is 10.9 Å². The lowest BCUT2D eigenvalue weighted by Crippen LogP contribution is -2.42. The molecule has 144 valence electrons. The highest BCUT2D eigenvalue weighted by molar-refractivity contribution is 14.1. The van der Waals surface area contributed by atoms with Crippen molar-refractivity contribution in [2.45, 2.75) is 19.4 Å². The molecule has 0 bridgehead atoms. The summed E-state index contributed by atoms with van der Waals surface area (Å²) >= 11 is 2.36. The van der Waals surface area contributed by atoms with Gasteiger partial charge in [-0.2, -0.15) is 0 Å². The molecule has 0 radical (unpaired) electrons. The maximum atomic E-state index is 12.4. The summed E-state index contributed by atoms with van der Waals surface area (Å²) in [5, 5.41) is 1.21. The maximum Gasteiger partial charge on any atom is 0.323 e. The van der Waals surface area contributed by atoms with Crippen molar-refractivity contribution in [3.63, 3.8) is 0 Å².